The van der Waals surface area contributed by atoms with Gasteiger partial charge in [0.2, 0.25) is 1.43 Å². The molecule has 0 saturated carbocycles. The molecule has 1 unspecified atom stereocenters. The summed E-state index contributed by atoms with van der Waals surface area (Å²) in [6, 6.07) is 0. The maximum absolute atomic E-state index is 11.2. The van der Waals surface area contributed by atoms with Gasteiger partial charge in [-0.25, -0.2) is 0 Å². The molecule has 0 spiro atoms. The van der Waals surface area contributed by atoms with E-state index < -0.39 is 12.3 Å². The molecular formula is C3H5F3O. The molecule has 7 heavy (non-hydrogen) atoms. The minimum atomic E-state index is -4.40. The second-order valence-electron chi connectivity index (χ2n) is 1.18. The van der Waals surface area contributed by atoms with Crippen LogP contribution in [0.1, 0.15) is 6.92 Å². The Hall–Kier alpha value is -0.250. The molecule has 44 valence electrons. The van der Waals surface area contributed by atoms with Crippen molar-refractivity contribution in [2.75, 3.05) is 0 Å². The van der Waals surface area contributed by atoms with Crippen molar-refractivity contribution in [1.82, 2.24) is 0 Å². The van der Waals surface area contributed by atoms with E-state index in [1.807, 2.05) is 0 Å². The Labute approximate surface area is 40.3 Å². The fourth-order valence-electron chi connectivity index (χ4n) is 0. The summed E-state index contributed by atoms with van der Waals surface area (Å²) in [7, 11) is 0. The zero-order valence-electron chi connectivity index (χ0n) is 4.62. The van der Waals surface area contributed by atoms with E-state index in [0.717, 1.165) is 6.92 Å². The normalized spacial score (nSPS) is 18.6. The number of alkyl halides is 3. The molecule has 4 heteroatoms. The highest BCUT2D eigenvalue weighted by atomic mass is 19.4. The average Bonchev–Trinajstić information content (AvgIpc) is 1.62. The summed E-state index contributed by atoms with van der Waals surface area (Å²) in [5.41, 5.74) is 0. The minimum absolute atomic E-state index is 0.771. The predicted octanol–water partition coefficient (Wildman–Crippen LogP) is 0.930. The Morgan fingerprint density at radius 2 is 2.14 bits per heavy atom. The molecule has 0 aliphatic carbocycles. The van der Waals surface area contributed by atoms with Crippen molar-refractivity contribution in [3.63, 3.8) is 0 Å². The quantitative estimate of drug-likeness (QED) is 0.539. The van der Waals surface area contributed by atoms with Gasteiger partial charge in [0.1, 0.15) is 6.10 Å². The molecule has 0 aromatic carbocycles. The average molecular weight is 115 g/mol. The van der Waals surface area contributed by atoms with Crippen molar-refractivity contribution < 1.29 is 18.3 Å². The zero-order chi connectivity index (χ0) is 6.78. The highest BCUT2D eigenvalue weighted by molar-refractivity contribution is 4.55. The molecule has 0 fully saturated rings. The van der Waals surface area contributed by atoms with Crippen LogP contribution in [0.15, 0.2) is 0 Å². The summed E-state index contributed by atoms with van der Waals surface area (Å²) in [5, 5.41) is 3.24. The monoisotopic (exact) mass is 115 g/mol. The van der Waals surface area contributed by atoms with Gasteiger partial charge in [0.25, 0.3) is 0 Å². The van der Waals surface area contributed by atoms with Gasteiger partial charge in [-0.15, -0.1) is 0 Å². The third kappa shape index (κ3) is 2.45. The molecule has 0 rings (SSSR count). The molecule has 0 amide bonds. The van der Waals surface area contributed by atoms with Crippen molar-refractivity contribution in [2.45, 2.75) is 19.2 Å². The number of halogens is 3. The van der Waals surface area contributed by atoms with Crippen LogP contribution in [0.2, 0.25) is 0 Å². The number of hydrogen-bond donors (Lipinski definition) is 1. The Balaban J connectivity index is 3.62. The van der Waals surface area contributed by atoms with Gasteiger partial charge in [0, 0.05) is 0 Å². The molecule has 0 aromatic rings. The molecule has 1 atom stereocenters. The van der Waals surface area contributed by atoms with Crippen LogP contribution >= 0.6 is 0 Å². The van der Waals surface area contributed by atoms with Gasteiger partial charge in [0.05, 0.1) is 0 Å². The van der Waals surface area contributed by atoms with Crippen molar-refractivity contribution >= 4 is 0 Å². The predicted molar refractivity (Wildman–Crippen MR) is 17.7 cm³/mol. The summed E-state index contributed by atoms with van der Waals surface area (Å²) in [4.78, 5) is 0. The van der Waals surface area contributed by atoms with Gasteiger partial charge in [-0.3, -0.25) is 0 Å². The lowest BCUT2D eigenvalue weighted by atomic mass is 10.4. The van der Waals surface area contributed by atoms with Crippen molar-refractivity contribution in [2.24, 2.45) is 0 Å². The largest absolute Gasteiger partial charge is 0.414 e. The summed E-state index contributed by atoms with van der Waals surface area (Å²) >= 11 is 0. The first kappa shape index (κ1) is 4.90. The van der Waals surface area contributed by atoms with Crippen molar-refractivity contribution in [1.29, 1.82) is 1.43 Å². The topological polar surface area (TPSA) is 20.2 Å². The zero-order valence-corrected chi connectivity index (χ0v) is 3.62. The lowest BCUT2D eigenvalue weighted by molar-refractivity contribution is -0.197. The molecule has 1 N–H and O–H groups in total. The summed E-state index contributed by atoms with van der Waals surface area (Å²) in [6.45, 7) is 0.771. The van der Waals surface area contributed by atoms with Crippen LogP contribution in [0.25, 0.3) is 0 Å². The van der Waals surface area contributed by atoms with Crippen LogP contribution in [-0.4, -0.2) is 18.8 Å². The molecule has 0 aromatic heterocycles. The van der Waals surface area contributed by atoms with Gasteiger partial charge in [0.15, 0.2) is 0 Å². The van der Waals surface area contributed by atoms with Gasteiger partial charge in [-0.2, -0.15) is 13.2 Å². The number of hydrogen-bond acceptors (Lipinski definition) is 1. The third-order valence-electron chi connectivity index (χ3n) is 0.461. The smallest absolute Gasteiger partial charge is 0.384 e. The van der Waals surface area contributed by atoms with Gasteiger partial charge in [-0.1, -0.05) is 0 Å². The van der Waals surface area contributed by atoms with Crippen LogP contribution in [0, 0.1) is 0 Å². The summed E-state index contributed by atoms with van der Waals surface area (Å²) < 4.78 is 39.5. The van der Waals surface area contributed by atoms with E-state index in [0.29, 0.717) is 0 Å². The lowest BCUT2D eigenvalue weighted by Gasteiger charge is -2.06. The molecule has 0 bridgehead atoms. The first-order valence-corrected chi connectivity index (χ1v) is 1.67. The van der Waals surface area contributed by atoms with E-state index in [1.54, 1.807) is 0 Å². The van der Waals surface area contributed by atoms with Gasteiger partial charge < -0.3 is 5.11 Å². The van der Waals surface area contributed by atoms with Crippen LogP contribution in [-0.2, 0) is 0 Å². The van der Waals surface area contributed by atoms with Gasteiger partial charge >= 0.3 is 6.18 Å². The number of rotatable bonds is 1. The second-order valence-corrected chi connectivity index (χ2v) is 1.18. The standard InChI is InChI=1S/C3H5F3O/c1-2(7)3(4,5)6/h2,7H,1H3/i7D. The number of aliphatic hydroxyl groups is 1. The Bertz CT molecular complexity index is 71.4. The van der Waals surface area contributed by atoms with Crippen molar-refractivity contribution in [3.05, 3.63) is 0 Å². The highest BCUT2D eigenvalue weighted by Crippen LogP contribution is 2.18. The molecule has 0 radical (unpaired) electrons. The van der Waals surface area contributed by atoms with E-state index in [4.69, 9.17) is 1.43 Å². The number of aliphatic hydroxyl groups excluding tert-OH is 1. The Morgan fingerprint density at radius 3 is 2.14 bits per heavy atom. The fraction of sp³-hybridized carbons (Fsp3) is 1.00. The molecule has 1 nitrogen and oxygen atoms in total. The molecule has 0 heterocycles. The SMILES string of the molecule is [2H]OC(C)C(F)(F)F. The first-order valence-electron chi connectivity index (χ1n) is 2.08. The maximum Gasteiger partial charge on any atom is 0.414 e. The first-order chi connectivity index (χ1) is 3.48. The fourth-order valence-corrected chi connectivity index (χ4v) is 0. The molecule has 0 aliphatic heterocycles. The second kappa shape index (κ2) is 1.69. The van der Waals surface area contributed by atoms with E-state index >= 15 is 0 Å². The van der Waals surface area contributed by atoms with Gasteiger partial charge in [-0.05, 0) is 6.92 Å². The third-order valence-corrected chi connectivity index (χ3v) is 0.461. The molecular weight excluding hydrogens is 109 g/mol. The van der Waals surface area contributed by atoms with Crippen LogP contribution in [0.3, 0.4) is 0 Å². The lowest BCUT2D eigenvalue weighted by Crippen LogP contribution is -2.24. The van der Waals surface area contributed by atoms with E-state index in [2.05, 4.69) is 5.11 Å². The van der Waals surface area contributed by atoms with E-state index in [1.165, 1.54) is 0 Å². The highest BCUT2D eigenvalue weighted by Gasteiger charge is 2.33. The summed E-state index contributed by atoms with van der Waals surface area (Å²) in [6.07, 6.45) is -6.38. The van der Waals surface area contributed by atoms with Crippen molar-refractivity contribution in [3.8, 4) is 0 Å². The summed E-state index contributed by atoms with van der Waals surface area (Å²) in [5.74, 6) is 0. The maximum atomic E-state index is 11.2. The van der Waals surface area contributed by atoms with Crippen LogP contribution < -0.4 is 0 Å². The van der Waals surface area contributed by atoms with E-state index in [9.17, 15) is 13.2 Å². The van der Waals surface area contributed by atoms with Crippen LogP contribution in [0.5, 0.6) is 0 Å². The molecule has 0 aliphatic rings. The minimum Gasteiger partial charge on any atom is -0.384 e. The Morgan fingerprint density at radius 1 is 1.71 bits per heavy atom. The van der Waals surface area contributed by atoms with E-state index in [-0.39, 0.29) is 0 Å². The Kier molecular flexibility index (Phi) is 1.19. The van der Waals surface area contributed by atoms with Crippen LogP contribution in [0.4, 0.5) is 13.2 Å². The molecule has 0 saturated heterocycles.